The van der Waals surface area contributed by atoms with E-state index in [1.54, 1.807) is 0 Å². The van der Waals surface area contributed by atoms with Crippen molar-refractivity contribution in [2.45, 2.75) is 44.8 Å². The fraction of sp³-hybridized carbons (Fsp3) is 0.389. The standard InChI is InChI=1S/C18H22O4/c1-12-6-7-13-4-2-3-5-17(13)16(12)9-8-14(19)10-15(20)11-18(21)22/h2-7,14-15,19-20H,8-11H2,1H3,(H,21,22). The molecule has 0 radical (unpaired) electrons. The zero-order chi connectivity index (χ0) is 16.1. The van der Waals surface area contributed by atoms with E-state index < -0.39 is 18.2 Å². The number of aliphatic carboxylic acids is 1. The zero-order valence-electron chi connectivity index (χ0n) is 12.7. The van der Waals surface area contributed by atoms with Crippen LogP contribution in [0.3, 0.4) is 0 Å². The summed E-state index contributed by atoms with van der Waals surface area (Å²) in [6, 6.07) is 12.3. The van der Waals surface area contributed by atoms with Gasteiger partial charge in [-0.15, -0.1) is 0 Å². The Morgan fingerprint density at radius 1 is 1.09 bits per heavy atom. The van der Waals surface area contributed by atoms with Crippen LogP contribution in [0, 0.1) is 6.92 Å². The Labute approximate surface area is 130 Å². The predicted octanol–water partition coefficient (Wildman–Crippen LogP) is 2.67. The monoisotopic (exact) mass is 302 g/mol. The number of carboxylic acid groups (broad SMARTS) is 1. The number of fused-ring (bicyclic) bond motifs is 1. The molecule has 0 aliphatic rings. The van der Waals surface area contributed by atoms with Gasteiger partial charge in [-0.2, -0.15) is 0 Å². The van der Waals surface area contributed by atoms with Crippen molar-refractivity contribution in [3.05, 3.63) is 47.5 Å². The summed E-state index contributed by atoms with van der Waals surface area (Å²) in [7, 11) is 0. The number of hydrogen-bond donors (Lipinski definition) is 3. The largest absolute Gasteiger partial charge is 0.481 e. The van der Waals surface area contributed by atoms with Gasteiger partial charge in [0.2, 0.25) is 0 Å². The first kappa shape index (κ1) is 16.5. The molecule has 0 aliphatic heterocycles. The van der Waals surface area contributed by atoms with Crippen molar-refractivity contribution in [2.75, 3.05) is 0 Å². The Kier molecular flexibility index (Phi) is 5.52. The fourth-order valence-corrected chi connectivity index (χ4v) is 2.80. The SMILES string of the molecule is Cc1ccc2ccccc2c1CCC(O)CC(O)CC(=O)O. The van der Waals surface area contributed by atoms with Crippen LogP contribution in [0.2, 0.25) is 0 Å². The van der Waals surface area contributed by atoms with E-state index in [4.69, 9.17) is 5.11 Å². The van der Waals surface area contributed by atoms with Crippen LogP contribution in [0.1, 0.15) is 30.4 Å². The summed E-state index contributed by atoms with van der Waals surface area (Å²) >= 11 is 0. The number of carbonyl (C=O) groups is 1. The lowest BCUT2D eigenvalue weighted by Crippen LogP contribution is -2.21. The maximum absolute atomic E-state index is 10.5. The highest BCUT2D eigenvalue weighted by Gasteiger charge is 2.16. The second-order valence-electron chi connectivity index (χ2n) is 5.76. The lowest BCUT2D eigenvalue weighted by Gasteiger charge is -2.16. The Morgan fingerprint density at radius 2 is 1.82 bits per heavy atom. The molecule has 0 amide bonds. The summed E-state index contributed by atoms with van der Waals surface area (Å²) < 4.78 is 0. The Balaban J connectivity index is 2.02. The van der Waals surface area contributed by atoms with E-state index >= 15 is 0 Å². The second-order valence-corrected chi connectivity index (χ2v) is 5.76. The minimum Gasteiger partial charge on any atom is -0.481 e. The lowest BCUT2D eigenvalue weighted by molar-refractivity contribution is -0.139. The Morgan fingerprint density at radius 3 is 2.55 bits per heavy atom. The van der Waals surface area contributed by atoms with Gasteiger partial charge >= 0.3 is 5.97 Å². The molecule has 2 aromatic rings. The van der Waals surface area contributed by atoms with Crippen LogP contribution >= 0.6 is 0 Å². The van der Waals surface area contributed by atoms with Crippen LogP contribution in [0.5, 0.6) is 0 Å². The topological polar surface area (TPSA) is 77.8 Å². The minimum atomic E-state index is -1.05. The number of carboxylic acids is 1. The van der Waals surface area contributed by atoms with Crippen molar-refractivity contribution in [3.8, 4) is 0 Å². The van der Waals surface area contributed by atoms with E-state index in [0.29, 0.717) is 12.8 Å². The highest BCUT2D eigenvalue weighted by molar-refractivity contribution is 5.86. The third-order valence-electron chi connectivity index (χ3n) is 3.96. The van der Waals surface area contributed by atoms with Gasteiger partial charge in [-0.05, 0) is 48.1 Å². The average Bonchev–Trinajstić information content (AvgIpc) is 2.45. The van der Waals surface area contributed by atoms with Crippen LogP contribution in [0.25, 0.3) is 10.8 Å². The van der Waals surface area contributed by atoms with Crippen LogP contribution in [-0.4, -0.2) is 33.5 Å². The van der Waals surface area contributed by atoms with Gasteiger partial charge in [-0.3, -0.25) is 4.79 Å². The van der Waals surface area contributed by atoms with Gasteiger partial charge in [0.05, 0.1) is 18.6 Å². The van der Waals surface area contributed by atoms with Crippen molar-refractivity contribution >= 4 is 16.7 Å². The van der Waals surface area contributed by atoms with Gasteiger partial charge < -0.3 is 15.3 Å². The second kappa shape index (κ2) is 7.38. The molecule has 2 unspecified atom stereocenters. The molecule has 2 atom stereocenters. The first-order valence-electron chi connectivity index (χ1n) is 7.52. The van der Waals surface area contributed by atoms with Crippen molar-refractivity contribution < 1.29 is 20.1 Å². The molecule has 0 fully saturated rings. The molecule has 0 heterocycles. The maximum atomic E-state index is 10.5. The average molecular weight is 302 g/mol. The predicted molar refractivity (Wildman–Crippen MR) is 85.9 cm³/mol. The molecule has 4 nitrogen and oxygen atoms in total. The molecular formula is C18H22O4. The van der Waals surface area contributed by atoms with E-state index in [9.17, 15) is 15.0 Å². The van der Waals surface area contributed by atoms with Crippen molar-refractivity contribution in [1.29, 1.82) is 0 Å². The molecule has 0 aliphatic carbocycles. The molecule has 2 rings (SSSR count). The van der Waals surface area contributed by atoms with Crippen LogP contribution in [0.4, 0.5) is 0 Å². The van der Waals surface area contributed by atoms with Crippen molar-refractivity contribution in [1.82, 2.24) is 0 Å². The van der Waals surface area contributed by atoms with Crippen LogP contribution in [0.15, 0.2) is 36.4 Å². The molecule has 0 spiro atoms. The van der Waals surface area contributed by atoms with E-state index in [-0.39, 0.29) is 12.8 Å². The van der Waals surface area contributed by atoms with Gasteiger partial charge in [0.25, 0.3) is 0 Å². The Hall–Kier alpha value is -1.91. The molecule has 2 aromatic carbocycles. The summed E-state index contributed by atoms with van der Waals surface area (Å²) in [5.74, 6) is -1.05. The highest BCUT2D eigenvalue weighted by atomic mass is 16.4. The summed E-state index contributed by atoms with van der Waals surface area (Å²) in [5, 5.41) is 30.5. The molecule has 3 N–H and O–H groups in total. The molecule has 4 heteroatoms. The summed E-state index contributed by atoms with van der Waals surface area (Å²) in [5.41, 5.74) is 2.38. The summed E-state index contributed by atoms with van der Waals surface area (Å²) in [4.78, 5) is 10.5. The number of hydrogen-bond acceptors (Lipinski definition) is 3. The van der Waals surface area contributed by atoms with Gasteiger partial charge in [-0.25, -0.2) is 0 Å². The first-order chi connectivity index (χ1) is 10.5. The fourth-order valence-electron chi connectivity index (χ4n) is 2.80. The van der Waals surface area contributed by atoms with Gasteiger partial charge in [0, 0.05) is 0 Å². The number of aliphatic hydroxyl groups is 2. The normalized spacial score (nSPS) is 14.0. The molecule has 0 aromatic heterocycles. The van der Waals surface area contributed by atoms with E-state index in [2.05, 4.69) is 24.3 Å². The van der Waals surface area contributed by atoms with Crippen LogP contribution in [-0.2, 0) is 11.2 Å². The lowest BCUT2D eigenvalue weighted by atomic mass is 9.94. The van der Waals surface area contributed by atoms with Crippen LogP contribution < -0.4 is 0 Å². The minimum absolute atomic E-state index is 0.0934. The zero-order valence-corrected chi connectivity index (χ0v) is 12.7. The van der Waals surface area contributed by atoms with E-state index in [0.717, 1.165) is 0 Å². The maximum Gasteiger partial charge on any atom is 0.305 e. The molecule has 118 valence electrons. The number of rotatable bonds is 7. The number of benzene rings is 2. The van der Waals surface area contributed by atoms with Crippen molar-refractivity contribution in [2.24, 2.45) is 0 Å². The quantitative estimate of drug-likeness (QED) is 0.735. The van der Waals surface area contributed by atoms with Gasteiger partial charge in [0.15, 0.2) is 0 Å². The molecular weight excluding hydrogens is 280 g/mol. The van der Waals surface area contributed by atoms with Gasteiger partial charge in [-0.1, -0.05) is 36.4 Å². The van der Waals surface area contributed by atoms with E-state index in [1.165, 1.54) is 21.9 Å². The number of aryl methyl sites for hydroxylation is 2. The van der Waals surface area contributed by atoms with Crippen molar-refractivity contribution in [3.63, 3.8) is 0 Å². The van der Waals surface area contributed by atoms with E-state index in [1.807, 2.05) is 19.1 Å². The van der Waals surface area contributed by atoms with Gasteiger partial charge in [0.1, 0.15) is 0 Å². The molecule has 0 saturated carbocycles. The highest BCUT2D eigenvalue weighted by Crippen LogP contribution is 2.24. The Bertz CT molecular complexity index is 651. The molecule has 22 heavy (non-hydrogen) atoms. The molecule has 0 bridgehead atoms. The third-order valence-corrected chi connectivity index (χ3v) is 3.96. The molecule has 0 saturated heterocycles. The third kappa shape index (κ3) is 4.29. The number of aliphatic hydroxyl groups excluding tert-OH is 2. The summed E-state index contributed by atoms with van der Waals surface area (Å²) in [6.07, 6.45) is -0.728. The first-order valence-corrected chi connectivity index (χ1v) is 7.52. The summed E-state index contributed by atoms with van der Waals surface area (Å²) in [6.45, 7) is 2.05. The smallest absolute Gasteiger partial charge is 0.305 e.